The van der Waals surface area contributed by atoms with Gasteiger partial charge in [0, 0.05) is 24.7 Å². The third-order valence-electron chi connectivity index (χ3n) is 3.51. The molecular formula is C16H22N2O2. The minimum absolute atomic E-state index is 0.0686. The van der Waals surface area contributed by atoms with Gasteiger partial charge in [0.05, 0.1) is 25.9 Å². The van der Waals surface area contributed by atoms with Crippen LogP contribution in [0.1, 0.15) is 18.1 Å². The first kappa shape index (κ1) is 15.0. The summed E-state index contributed by atoms with van der Waals surface area (Å²) in [5, 5.41) is 9.20. The lowest BCUT2D eigenvalue weighted by Crippen LogP contribution is -2.48. The summed E-state index contributed by atoms with van der Waals surface area (Å²) < 4.78 is 5.55. The fourth-order valence-electron chi connectivity index (χ4n) is 2.29. The summed E-state index contributed by atoms with van der Waals surface area (Å²) in [7, 11) is 0. The molecule has 2 rings (SSSR count). The molecule has 0 aromatic heterocycles. The molecule has 2 atom stereocenters. The SMILES string of the molecule is CC1COC(CO)CN1Cc1ccc(C#CCN)cc1. The molecule has 0 amide bonds. The van der Waals surface area contributed by atoms with E-state index in [0.717, 1.165) is 18.7 Å². The summed E-state index contributed by atoms with van der Waals surface area (Å²) in [4.78, 5) is 2.34. The van der Waals surface area contributed by atoms with Crippen molar-refractivity contribution in [3.8, 4) is 11.8 Å². The zero-order valence-corrected chi connectivity index (χ0v) is 11.9. The monoisotopic (exact) mass is 274 g/mol. The number of rotatable bonds is 3. The lowest BCUT2D eigenvalue weighted by molar-refractivity contribution is -0.0805. The fraction of sp³-hybridized carbons (Fsp3) is 0.500. The summed E-state index contributed by atoms with van der Waals surface area (Å²) >= 11 is 0. The molecule has 0 radical (unpaired) electrons. The quantitative estimate of drug-likeness (QED) is 0.792. The Morgan fingerprint density at radius 3 is 2.80 bits per heavy atom. The molecule has 0 saturated carbocycles. The molecule has 1 fully saturated rings. The summed E-state index contributed by atoms with van der Waals surface area (Å²) in [6.45, 7) is 4.92. The first-order chi connectivity index (χ1) is 9.72. The second kappa shape index (κ2) is 7.41. The number of ether oxygens (including phenoxy) is 1. The van der Waals surface area contributed by atoms with Gasteiger partial charge in [0.25, 0.3) is 0 Å². The number of benzene rings is 1. The predicted octanol–water partition coefficient (Wildman–Crippen LogP) is 0.578. The van der Waals surface area contributed by atoms with Crippen LogP contribution in [0, 0.1) is 11.8 Å². The maximum absolute atomic E-state index is 9.20. The zero-order valence-electron chi connectivity index (χ0n) is 11.9. The van der Waals surface area contributed by atoms with E-state index < -0.39 is 0 Å². The Balaban J connectivity index is 1.98. The van der Waals surface area contributed by atoms with Crippen LogP contribution in [0.3, 0.4) is 0 Å². The van der Waals surface area contributed by atoms with Crippen LogP contribution < -0.4 is 5.73 Å². The van der Waals surface area contributed by atoms with E-state index in [1.807, 2.05) is 12.1 Å². The van der Waals surface area contributed by atoms with Crippen LogP contribution in [-0.2, 0) is 11.3 Å². The molecule has 2 unspecified atom stereocenters. The predicted molar refractivity (Wildman–Crippen MR) is 79.1 cm³/mol. The molecule has 4 heteroatoms. The Kier molecular flexibility index (Phi) is 5.57. The molecule has 0 spiro atoms. The number of aliphatic hydroxyl groups is 1. The minimum Gasteiger partial charge on any atom is -0.394 e. The number of aliphatic hydroxyl groups excluding tert-OH is 1. The Hall–Kier alpha value is -1.38. The van der Waals surface area contributed by atoms with Crippen LogP contribution in [0.2, 0.25) is 0 Å². The number of morpholine rings is 1. The smallest absolute Gasteiger partial charge is 0.0933 e. The second-order valence-electron chi connectivity index (χ2n) is 5.12. The van der Waals surface area contributed by atoms with Crippen molar-refractivity contribution in [2.45, 2.75) is 25.6 Å². The molecule has 1 aromatic rings. The van der Waals surface area contributed by atoms with Crippen molar-refractivity contribution < 1.29 is 9.84 Å². The molecule has 1 saturated heterocycles. The third kappa shape index (κ3) is 4.06. The summed E-state index contributed by atoms with van der Waals surface area (Å²) in [6.07, 6.45) is -0.0686. The van der Waals surface area contributed by atoms with Crippen molar-refractivity contribution in [1.82, 2.24) is 4.90 Å². The number of hydrogen-bond acceptors (Lipinski definition) is 4. The normalized spacial score (nSPS) is 23.1. The Labute approximate surface area is 120 Å². The highest BCUT2D eigenvalue weighted by molar-refractivity contribution is 5.36. The molecule has 108 valence electrons. The highest BCUT2D eigenvalue weighted by Crippen LogP contribution is 2.15. The Morgan fingerprint density at radius 1 is 1.40 bits per heavy atom. The van der Waals surface area contributed by atoms with Gasteiger partial charge in [0.15, 0.2) is 0 Å². The second-order valence-corrected chi connectivity index (χ2v) is 5.12. The summed E-state index contributed by atoms with van der Waals surface area (Å²) in [5.74, 6) is 5.87. The molecular weight excluding hydrogens is 252 g/mol. The van der Waals surface area contributed by atoms with Gasteiger partial charge in [0.1, 0.15) is 0 Å². The molecule has 0 bridgehead atoms. The largest absolute Gasteiger partial charge is 0.394 e. The van der Waals surface area contributed by atoms with Gasteiger partial charge >= 0.3 is 0 Å². The maximum Gasteiger partial charge on any atom is 0.0933 e. The van der Waals surface area contributed by atoms with Gasteiger partial charge in [-0.15, -0.1) is 0 Å². The summed E-state index contributed by atoms with van der Waals surface area (Å²) in [6, 6.07) is 8.60. The molecule has 1 heterocycles. The lowest BCUT2D eigenvalue weighted by atomic mass is 10.1. The van der Waals surface area contributed by atoms with Crippen molar-refractivity contribution in [2.75, 3.05) is 26.3 Å². The van der Waals surface area contributed by atoms with Crippen LogP contribution >= 0.6 is 0 Å². The van der Waals surface area contributed by atoms with E-state index in [9.17, 15) is 5.11 Å². The van der Waals surface area contributed by atoms with E-state index >= 15 is 0 Å². The van der Waals surface area contributed by atoms with Crippen molar-refractivity contribution in [3.63, 3.8) is 0 Å². The minimum atomic E-state index is -0.0686. The van der Waals surface area contributed by atoms with Crippen molar-refractivity contribution in [1.29, 1.82) is 0 Å². The van der Waals surface area contributed by atoms with E-state index in [1.165, 1.54) is 5.56 Å². The average molecular weight is 274 g/mol. The standard InChI is InChI=1S/C16H22N2O2/c1-13-12-20-16(11-19)10-18(13)9-15-6-4-14(5-7-15)3-2-8-17/h4-7,13,16,19H,8-12,17H2,1H3. The van der Waals surface area contributed by atoms with Crippen LogP contribution in [0.5, 0.6) is 0 Å². The van der Waals surface area contributed by atoms with E-state index in [2.05, 4.69) is 35.8 Å². The van der Waals surface area contributed by atoms with Gasteiger partial charge < -0.3 is 15.6 Å². The fourth-order valence-corrected chi connectivity index (χ4v) is 2.29. The highest BCUT2D eigenvalue weighted by atomic mass is 16.5. The first-order valence-electron chi connectivity index (χ1n) is 6.97. The first-order valence-corrected chi connectivity index (χ1v) is 6.97. The number of nitrogens with two attached hydrogens (primary N) is 1. The highest BCUT2D eigenvalue weighted by Gasteiger charge is 2.25. The number of hydrogen-bond donors (Lipinski definition) is 2. The molecule has 1 aliphatic heterocycles. The van der Waals surface area contributed by atoms with Crippen LogP contribution in [0.4, 0.5) is 0 Å². The van der Waals surface area contributed by atoms with Gasteiger partial charge in [-0.25, -0.2) is 0 Å². The third-order valence-corrected chi connectivity index (χ3v) is 3.51. The van der Waals surface area contributed by atoms with Crippen LogP contribution in [-0.4, -0.2) is 48.5 Å². The molecule has 1 aromatic carbocycles. The van der Waals surface area contributed by atoms with Gasteiger partial charge in [-0.05, 0) is 24.6 Å². The summed E-state index contributed by atoms with van der Waals surface area (Å²) in [5.41, 5.74) is 7.59. The van der Waals surface area contributed by atoms with E-state index in [4.69, 9.17) is 10.5 Å². The number of nitrogens with zero attached hydrogens (tertiary/aromatic N) is 1. The Bertz CT molecular complexity index is 475. The average Bonchev–Trinajstić information content (AvgIpc) is 2.49. The van der Waals surface area contributed by atoms with Gasteiger partial charge in [-0.2, -0.15) is 0 Å². The molecule has 4 nitrogen and oxygen atoms in total. The molecule has 20 heavy (non-hydrogen) atoms. The van der Waals surface area contributed by atoms with Gasteiger partial charge in [0.2, 0.25) is 0 Å². The van der Waals surface area contributed by atoms with E-state index in [0.29, 0.717) is 19.2 Å². The van der Waals surface area contributed by atoms with Crippen molar-refractivity contribution >= 4 is 0 Å². The van der Waals surface area contributed by atoms with E-state index in [-0.39, 0.29) is 12.7 Å². The molecule has 3 N–H and O–H groups in total. The van der Waals surface area contributed by atoms with Crippen molar-refractivity contribution in [2.24, 2.45) is 5.73 Å². The lowest BCUT2D eigenvalue weighted by Gasteiger charge is -2.37. The van der Waals surface area contributed by atoms with Crippen LogP contribution in [0.15, 0.2) is 24.3 Å². The molecule has 0 aliphatic carbocycles. The van der Waals surface area contributed by atoms with Crippen molar-refractivity contribution in [3.05, 3.63) is 35.4 Å². The van der Waals surface area contributed by atoms with Gasteiger partial charge in [-0.3, -0.25) is 4.90 Å². The van der Waals surface area contributed by atoms with Crippen LogP contribution in [0.25, 0.3) is 0 Å². The van der Waals surface area contributed by atoms with E-state index in [1.54, 1.807) is 0 Å². The topological polar surface area (TPSA) is 58.7 Å². The molecule has 1 aliphatic rings. The maximum atomic E-state index is 9.20. The van der Waals surface area contributed by atoms with Gasteiger partial charge in [-0.1, -0.05) is 24.0 Å². The Morgan fingerprint density at radius 2 is 2.15 bits per heavy atom. The zero-order chi connectivity index (χ0) is 14.4.